The van der Waals surface area contributed by atoms with Gasteiger partial charge in [-0.15, -0.1) is 11.8 Å². The lowest BCUT2D eigenvalue weighted by atomic mass is 10.2. The molecular weight excluding hydrogens is 352 g/mol. The number of aromatic nitrogens is 2. The summed E-state index contributed by atoms with van der Waals surface area (Å²) in [6, 6.07) is 3.47. The van der Waals surface area contributed by atoms with Gasteiger partial charge in [0.25, 0.3) is 5.91 Å². The summed E-state index contributed by atoms with van der Waals surface area (Å²) >= 11 is 1.46. The van der Waals surface area contributed by atoms with Gasteiger partial charge in [-0.1, -0.05) is 5.16 Å². The Bertz CT molecular complexity index is 756. The molecule has 0 radical (unpaired) electrons. The van der Waals surface area contributed by atoms with E-state index in [2.05, 4.69) is 15.5 Å². The molecule has 0 fully saturated rings. The quantitative estimate of drug-likeness (QED) is 0.713. The maximum Gasteiger partial charge on any atom is 0.257 e. The average Bonchev–Trinajstić information content (AvgIpc) is 2.96. The fourth-order valence-corrected chi connectivity index (χ4v) is 3.58. The van der Waals surface area contributed by atoms with Crippen LogP contribution in [0.15, 0.2) is 27.9 Å². The molecule has 0 saturated carbocycles. The zero-order valence-electron chi connectivity index (χ0n) is 15.5. The molecular formula is C18H24N4O3S. The summed E-state index contributed by atoms with van der Waals surface area (Å²) in [5, 5.41) is 7.30. The molecule has 1 N–H and O–H groups in total. The lowest BCUT2D eigenvalue weighted by Crippen LogP contribution is -2.40. The van der Waals surface area contributed by atoms with E-state index in [0.717, 1.165) is 17.0 Å². The minimum absolute atomic E-state index is 0.0338. The summed E-state index contributed by atoms with van der Waals surface area (Å²) in [5.41, 5.74) is 2.34. The van der Waals surface area contributed by atoms with Crippen LogP contribution in [-0.4, -0.2) is 46.5 Å². The summed E-state index contributed by atoms with van der Waals surface area (Å²) in [5.74, 6) is 1.01. The number of carbonyl (C=O) groups is 2. The van der Waals surface area contributed by atoms with Crippen LogP contribution in [0.3, 0.4) is 0 Å². The maximum absolute atomic E-state index is 12.9. The fourth-order valence-electron chi connectivity index (χ4n) is 2.44. The first kappa shape index (κ1) is 20.0. The largest absolute Gasteiger partial charge is 0.361 e. The Balaban J connectivity index is 2.16. The van der Waals surface area contributed by atoms with Gasteiger partial charge in [-0.25, -0.2) is 4.98 Å². The van der Waals surface area contributed by atoms with Gasteiger partial charge >= 0.3 is 0 Å². The van der Waals surface area contributed by atoms with E-state index in [9.17, 15) is 9.59 Å². The molecule has 0 aromatic carbocycles. The second-order valence-electron chi connectivity index (χ2n) is 5.72. The maximum atomic E-state index is 12.9. The van der Waals surface area contributed by atoms with Gasteiger partial charge in [0.1, 0.15) is 10.8 Å². The zero-order valence-corrected chi connectivity index (χ0v) is 16.4. The minimum atomic E-state index is -0.201. The van der Waals surface area contributed by atoms with Crippen molar-refractivity contribution in [3.8, 4) is 0 Å². The van der Waals surface area contributed by atoms with Crippen LogP contribution in [0.25, 0.3) is 0 Å². The van der Waals surface area contributed by atoms with Crippen molar-refractivity contribution in [1.82, 2.24) is 20.4 Å². The van der Waals surface area contributed by atoms with E-state index >= 15 is 0 Å². The van der Waals surface area contributed by atoms with Crippen LogP contribution >= 0.6 is 11.8 Å². The van der Waals surface area contributed by atoms with E-state index in [-0.39, 0.29) is 18.4 Å². The second kappa shape index (κ2) is 9.38. The lowest BCUT2D eigenvalue weighted by Gasteiger charge is -2.21. The predicted octanol–water partition coefficient (Wildman–Crippen LogP) is 2.58. The molecule has 0 saturated heterocycles. The van der Waals surface area contributed by atoms with Gasteiger partial charge in [0.15, 0.2) is 0 Å². The van der Waals surface area contributed by atoms with Gasteiger partial charge in [-0.05, 0) is 39.8 Å². The van der Waals surface area contributed by atoms with E-state index in [1.54, 1.807) is 18.3 Å². The molecule has 0 aliphatic carbocycles. The number of nitrogens with one attached hydrogen (secondary N) is 1. The summed E-state index contributed by atoms with van der Waals surface area (Å²) in [6.45, 7) is 8.47. The normalized spacial score (nSPS) is 10.6. The van der Waals surface area contributed by atoms with E-state index in [1.807, 2.05) is 27.7 Å². The number of hydrogen-bond acceptors (Lipinski definition) is 6. The van der Waals surface area contributed by atoms with Crippen molar-refractivity contribution in [2.24, 2.45) is 0 Å². The van der Waals surface area contributed by atoms with Crippen molar-refractivity contribution < 1.29 is 14.1 Å². The fraction of sp³-hybridized carbons (Fsp3) is 0.444. The topological polar surface area (TPSA) is 88.3 Å². The highest BCUT2D eigenvalue weighted by molar-refractivity contribution is 7.98. The van der Waals surface area contributed by atoms with Gasteiger partial charge < -0.3 is 14.7 Å². The molecule has 0 unspecified atom stereocenters. The molecule has 140 valence electrons. The average molecular weight is 376 g/mol. The number of hydrogen-bond donors (Lipinski definition) is 1. The highest BCUT2D eigenvalue weighted by Crippen LogP contribution is 2.27. The molecule has 0 bridgehead atoms. The monoisotopic (exact) mass is 376 g/mol. The number of aryl methyl sites for hydroxylation is 2. The van der Waals surface area contributed by atoms with Crippen LogP contribution < -0.4 is 5.32 Å². The van der Waals surface area contributed by atoms with E-state index in [1.165, 1.54) is 16.7 Å². The number of carbonyl (C=O) groups excluding carboxylic acids is 2. The molecule has 0 atom stereocenters. The van der Waals surface area contributed by atoms with E-state index in [4.69, 9.17) is 4.52 Å². The van der Waals surface area contributed by atoms with Gasteiger partial charge in [0.05, 0.1) is 17.8 Å². The van der Waals surface area contributed by atoms with Gasteiger partial charge in [-0.3, -0.25) is 9.59 Å². The van der Waals surface area contributed by atoms with Crippen LogP contribution in [-0.2, 0) is 10.5 Å². The number of nitrogens with zero attached hydrogens (tertiary/aromatic N) is 3. The van der Waals surface area contributed by atoms with Gasteiger partial charge in [-0.2, -0.15) is 0 Å². The third-order valence-electron chi connectivity index (χ3n) is 3.91. The SMILES string of the molecule is CCNC(=O)CN(CC)C(=O)c1cccnc1SCc1c(C)noc1C. The molecule has 7 nitrogen and oxygen atoms in total. The molecule has 2 amide bonds. The van der Waals surface area contributed by atoms with Crippen molar-refractivity contribution in [2.45, 2.75) is 38.5 Å². The number of rotatable bonds is 8. The number of thioether (sulfide) groups is 1. The van der Waals surface area contributed by atoms with Crippen LogP contribution in [0.1, 0.15) is 41.2 Å². The van der Waals surface area contributed by atoms with Crippen molar-refractivity contribution in [3.05, 3.63) is 40.9 Å². The Morgan fingerprint density at radius 1 is 1.31 bits per heavy atom. The summed E-state index contributed by atoms with van der Waals surface area (Å²) in [7, 11) is 0. The summed E-state index contributed by atoms with van der Waals surface area (Å²) in [6.07, 6.45) is 1.66. The zero-order chi connectivity index (χ0) is 19.1. The Morgan fingerprint density at radius 2 is 2.08 bits per heavy atom. The van der Waals surface area contributed by atoms with Gasteiger partial charge in [0, 0.05) is 30.6 Å². The Kier molecular flexibility index (Phi) is 7.20. The third-order valence-corrected chi connectivity index (χ3v) is 4.95. The first-order valence-electron chi connectivity index (χ1n) is 8.53. The molecule has 0 spiro atoms. The lowest BCUT2D eigenvalue weighted by molar-refractivity contribution is -0.121. The molecule has 0 aliphatic rings. The molecule has 8 heteroatoms. The van der Waals surface area contributed by atoms with Gasteiger partial charge in [0.2, 0.25) is 5.91 Å². The molecule has 2 aromatic rings. The minimum Gasteiger partial charge on any atom is -0.361 e. The standard InChI is InChI=1S/C18H24N4O3S/c1-5-19-16(23)10-22(6-2)18(24)14-8-7-9-20-17(14)26-11-15-12(3)21-25-13(15)4/h7-9H,5-6,10-11H2,1-4H3,(H,19,23). The predicted molar refractivity (Wildman–Crippen MR) is 100 cm³/mol. The number of pyridine rings is 1. The third kappa shape index (κ3) is 4.85. The van der Waals surface area contributed by atoms with Crippen LogP contribution in [0, 0.1) is 13.8 Å². The Hall–Kier alpha value is -2.35. The van der Waals surface area contributed by atoms with Crippen molar-refractivity contribution in [2.75, 3.05) is 19.6 Å². The Labute approximate surface area is 157 Å². The smallest absolute Gasteiger partial charge is 0.257 e. The first-order chi connectivity index (χ1) is 12.5. The molecule has 0 aliphatic heterocycles. The van der Waals surface area contributed by atoms with Crippen LogP contribution in [0.4, 0.5) is 0 Å². The molecule has 2 rings (SSSR count). The molecule has 26 heavy (non-hydrogen) atoms. The van der Waals surface area contributed by atoms with Crippen molar-refractivity contribution >= 4 is 23.6 Å². The Morgan fingerprint density at radius 3 is 2.69 bits per heavy atom. The molecule has 2 heterocycles. The van der Waals surface area contributed by atoms with Crippen molar-refractivity contribution in [1.29, 1.82) is 0 Å². The summed E-state index contributed by atoms with van der Waals surface area (Å²) in [4.78, 5) is 30.6. The first-order valence-corrected chi connectivity index (χ1v) is 9.52. The van der Waals surface area contributed by atoms with Crippen LogP contribution in [0.5, 0.6) is 0 Å². The number of amides is 2. The molecule has 2 aromatic heterocycles. The summed E-state index contributed by atoms with van der Waals surface area (Å²) < 4.78 is 5.18. The van der Waals surface area contributed by atoms with Crippen LogP contribution in [0.2, 0.25) is 0 Å². The van der Waals surface area contributed by atoms with E-state index < -0.39 is 0 Å². The highest BCUT2D eigenvalue weighted by atomic mass is 32.2. The highest BCUT2D eigenvalue weighted by Gasteiger charge is 2.21. The van der Waals surface area contributed by atoms with Crippen molar-refractivity contribution in [3.63, 3.8) is 0 Å². The second-order valence-corrected chi connectivity index (χ2v) is 6.68. The van der Waals surface area contributed by atoms with E-state index in [0.29, 0.717) is 29.4 Å². The number of likely N-dealkylation sites (N-methyl/N-ethyl adjacent to an activating group) is 2.